The molecule has 0 atom stereocenters. The van der Waals surface area contributed by atoms with E-state index in [2.05, 4.69) is 15.4 Å². The van der Waals surface area contributed by atoms with E-state index in [1.165, 1.54) is 6.20 Å². The van der Waals surface area contributed by atoms with Crippen LogP contribution >= 0.6 is 0 Å². The zero-order chi connectivity index (χ0) is 14.8. The quantitative estimate of drug-likeness (QED) is 0.800. The summed E-state index contributed by atoms with van der Waals surface area (Å²) in [6.07, 6.45) is 3.28. The average molecular weight is 282 g/mol. The zero-order valence-corrected chi connectivity index (χ0v) is 11.7. The highest BCUT2D eigenvalue weighted by atomic mass is 16.5. The number of nitrogens with zero attached hydrogens (tertiary/aromatic N) is 3. The number of methoxy groups -OCH3 is 1. The van der Waals surface area contributed by atoms with Gasteiger partial charge in [-0.15, -0.1) is 0 Å². The Morgan fingerprint density at radius 2 is 2.10 bits per heavy atom. The second-order valence-corrected chi connectivity index (χ2v) is 4.55. The number of aromatic nitrogens is 3. The fourth-order valence-electron chi connectivity index (χ4n) is 2.06. The van der Waals surface area contributed by atoms with Crippen molar-refractivity contribution in [3.63, 3.8) is 0 Å². The van der Waals surface area contributed by atoms with Crippen molar-refractivity contribution in [2.24, 2.45) is 0 Å². The first-order valence-corrected chi connectivity index (χ1v) is 6.44. The van der Waals surface area contributed by atoms with Gasteiger partial charge in [-0.2, -0.15) is 5.10 Å². The summed E-state index contributed by atoms with van der Waals surface area (Å²) in [7, 11) is 1.56. The number of amides is 1. The molecule has 0 saturated heterocycles. The number of aryl methyl sites for hydroxylation is 1. The van der Waals surface area contributed by atoms with Gasteiger partial charge in [0, 0.05) is 11.9 Å². The molecule has 3 aromatic rings. The molecule has 0 spiro atoms. The fourth-order valence-corrected chi connectivity index (χ4v) is 2.06. The lowest BCUT2D eigenvalue weighted by Crippen LogP contribution is -2.12. The molecule has 1 aromatic carbocycles. The molecule has 1 N–H and O–H groups in total. The van der Waals surface area contributed by atoms with Crippen molar-refractivity contribution in [2.45, 2.75) is 6.92 Å². The normalized spacial score (nSPS) is 10.6. The van der Waals surface area contributed by atoms with E-state index in [0.29, 0.717) is 22.6 Å². The number of carbonyl (C=O) groups excluding carboxylic acids is 1. The minimum atomic E-state index is -0.271. The van der Waals surface area contributed by atoms with Crippen LogP contribution in [0.2, 0.25) is 0 Å². The van der Waals surface area contributed by atoms with Crippen LogP contribution in [0, 0.1) is 6.92 Å². The Labute approximate surface area is 121 Å². The molecular weight excluding hydrogens is 268 g/mol. The first kappa shape index (κ1) is 13.1. The standard InChI is InChI=1S/C15H14N4O2/c1-10-7-8-19-14(17-10)11(9-16-19)15(20)18-12-5-3-4-6-13(12)21-2/h3-9H,1-2H3,(H,18,20). The Balaban J connectivity index is 1.96. The number of anilines is 1. The zero-order valence-electron chi connectivity index (χ0n) is 11.7. The molecule has 0 fully saturated rings. The van der Waals surface area contributed by atoms with E-state index in [9.17, 15) is 4.79 Å². The van der Waals surface area contributed by atoms with Gasteiger partial charge >= 0.3 is 0 Å². The third kappa shape index (κ3) is 2.43. The molecule has 106 valence electrons. The summed E-state index contributed by atoms with van der Waals surface area (Å²) >= 11 is 0. The SMILES string of the molecule is COc1ccccc1NC(=O)c1cnn2ccc(C)nc12. The Hall–Kier alpha value is -2.89. The second kappa shape index (κ2) is 5.24. The van der Waals surface area contributed by atoms with Crippen molar-refractivity contribution in [2.75, 3.05) is 12.4 Å². The average Bonchev–Trinajstić information content (AvgIpc) is 2.90. The fraction of sp³-hybridized carbons (Fsp3) is 0.133. The molecule has 3 rings (SSSR count). The van der Waals surface area contributed by atoms with Crippen molar-refractivity contribution in [1.29, 1.82) is 0 Å². The number of carbonyl (C=O) groups is 1. The highest BCUT2D eigenvalue weighted by Gasteiger charge is 2.15. The predicted octanol–water partition coefficient (Wildman–Crippen LogP) is 2.30. The Kier molecular flexibility index (Phi) is 3.27. The minimum absolute atomic E-state index is 0.271. The third-order valence-electron chi connectivity index (χ3n) is 3.11. The number of fused-ring (bicyclic) bond motifs is 1. The summed E-state index contributed by atoms with van der Waals surface area (Å²) in [4.78, 5) is 16.8. The first-order chi connectivity index (χ1) is 10.2. The maximum absolute atomic E-state index is 12.4. The largest absolute Gasteiger partial charge is 0.495 e. The smallest absolute Gasteiger partial charge is 0.261 e. The van der Waals surface area contributed by atoms with E-state index < -0.39 is 0 Å². The van der Waals surface area contributed by atoms with Crippen LogP contribution in [0.5, 0.6) is 5.75 Å². The number of hydrogen-bond donors (Lipinski definition) is 1. The second-order valence-electron chi connectivity index (χ2n) is 4.55. The van der Waals surface area contributed by atoms with Crippen molar-refractivity contribution in [3.05, 3.63) is 54.0 Å². The lowest BCUT2D eigenvalue weighted by Gasteiger charge is -2.08. The molecule has 2 heterocycles. The molecular formula is C15H14N4O2. The molecule has 0 bridgehead atoms. The molecule has 0 aliphatic carbocycles. The van der Waals surface area contributed by atoms with Crippen LogP contribution in [0.3, 0.4) is 0 Å². The van der Waals surface area contributed by atoms with Gasteiger partial charge in [0.15, 0.2) is 5.65 Å². The van der Waals surface area contributed by atoms with Gasteiger partial charge in [0.1, 0.15) is 11.3 Å². The molecule has 0 radical (unpaired) electrons. The van der Waals surface area contributed by atoms with Crippen molar-refractivity contribution in [1.82, 2.24) is 14.6 Å². The van der Waals surface area contributed by atoms with Crippen LogP contribution in [0.15, 0.2) is 42.7 Å². The number of nitrogens with one attached hydrogen (secondary N) is 1. The van der Waals surface area contributed by atoms with Crippen molar-refractivity contribution < 1.29 is 9.53 Å². The molecule has 6 nitrogen and oxygen atoms in total. The van der Waals surface area contributed by atoms with Crippen LogP contribution in [0.25, 0.3) is 5.65 Å². The minimum Gasteiger partial charge on any atom is -0.495 e. The Morgan fingerprint density at radius 3 is 2.90 bits per heavy atom. The Morgan fingerprint density at radius 1 is 1.29 bits per heavy atom. The third-order valence-corrected chi connectivity index (χ3v) is 3.11. The molecule has 2 aromatic heterocycles. The highest BCUT2D eigenvalue weighted by molar-refractivity contribution is 6.08. The maximum Gasteiger partial charge on any atom is 0.261 e. The summed E-state index contributed by atoms with van der Waals surface area (Å²) < 4.78 is 6.79. The Bertz CT molecular complexity index is 810. The van der Waals surface area contributed by atoms with Crippen LogP contribution in [0.4, 0.5) is 5.69 Å². The van der Waals surface area contributed by atoms with Gasteiger partial charge in [-0.05, 0) is 25.1 Å². The molecule has 0 saturated carbocycles. The number of ether oxygens (including phenoxy) is 1. The number of para-hydroxylation sites is 2. The van der Waals surface area contributed by atoms with Crippen molar-refractivity contribution >= 4 is 17.2 Å². The van der Waals surface area contributed by atoms with E-state index in [1.807, 2.05) is 25.1 Å². The van der Waals surface area contributed by atoms with E-state index >= 15 is 0 Å². The summed E-state index contributed by atoms with van der Waals surface area (Å²) in [5.41, 5.74) is 2.39. The first-order valence-electron chi connectivity index (χ1n) is 6.44. The van der Waals surface area contributed by atoms with Crippen LogP contribution in [0.1, 0.15) is 16.1 Å². The van der Waals surface area contributed by atoms with Gasteiger partial charge < -0.3 is 10.1 Å². The monoisotopic (exact) mass is 282 g/mol. The number of rotatable bonds is 3. The van der Waals surface area contributed by atoms with Gasteiger partial charge in [0.05, 0.1) is 19.0 Å². The van der Waals surface area contributed by atoms with Gasteiger partial charge in [-0.3, -0.25) is 4.79 Å². The lowest BCUT2D eigenvalue weighted by atomic mass is 10.2. The van der Waals surface area contributed by atoms with E-state index in [-0.39, 0.29) is 5.91 Å². The molecule has 6 heteroatoms. The van der Waals surface area contributed by atoms with E-state index in [1.54, 1.807) is 30.0 Å². The maximum atomic E-state index is 12.4. The van der Waals surface area contributed by atoms with E-state index in [0.717, 1.165) is 5.69 Å². The van der Waals surface area contributed by atoms with Gasteiger partial charge in [0.2, 0.25) is 0 Å². The lowest BCUT2D eigenvalue weighted by molar-refractivity contribution is 0.102. The molecule has 1 amide bonds. The van der Waals surface area contributed by atoms with Gasteiger partial charge in [0.25, 0.3) is 5.91 Å². The van der Waals surface area contributed by atoms with Crippen LogP contribution in [-0.4, -0.2) is 27.6 Å². The van der Waals surface area contributed by atoms with Gasteiger partial charge in [-0.1, -0.05) is 12.1 Å². The number of benzene rings is 1. The summed E-state index contributed by atoms with van der Waals surface area (Å²) in [6, 6.07) is 9.07. The van der Waals surface area contributed by atoms with Crippen LogP contribution in [-0.2, 0) is 0 Å². The predicted molar refractivity (Wildman–Crippen MR) is 78.7 cm³/mol. The molecule has 0 unspecified atom stereocenters. The summed E-state index contributed by atoms with van der Waals surface area (Å²) in [5, 5.41) is 6.95. The number of hydrogen-bond acceptors (Lipinski definition) is 4. The summed E-state index contributed by atoms with van der Waals surface area (Å²) in [5.74, 6) is 0.332. The molecule has 0 aliphatic heterocycles. The molecule has 21 heavy (non-hydrogen) atoms. The topological polar surface area (TPSA) is 68.5 Å². The van der Waals surface area contributed by atoms with Crippen LogP contribution < -0.4 is 10.1 Å². The van der Waals surface area contributed by atoms with E-state index in [4.69, 9.17) is 4.74 Å². The summed E-state index contributed by atoms with van der Waals surface area (Å²) in [6.45, 7) is 1.87. The molecule has 0 aliphatic rings. The van der Waals surface area contributed by atoms with Gasteiger partial charge in [-0.25, -0.2) is 9.50 Å². The highest BCUT2D eigenvalue weighted by Crippen LogP contribution is 2.24. The van der Waals surface area contributed by atoms with Crippen molar-refractivity contribution in [3.8, 4) is 5.75 Å².